The summed E-state index contributed by atoms with van der Waals surface area (Å²) in [5.41, 5.74) is 7.12. The number of nitrogens with zero attached hydrogens (tertiary/aromatic N) is 1. The molecule has 1 saturated heterocycles. The van der Waals surface area contributed by atoms with Gasteiger partial charge in [0.05, 0.1) is 19.2 Å². The molecule has 4 nitrogen and oxygen atoms in total. The van der Waals surface area contributed by atoms with Crippen LogP contribution in [0.2, 0.25) is 5.02 Å². The van der Waals surface area contributed by atoms with Gasteiger partial charge in [-0.2, -0.15) is 0 Å². The van der Waals surface area contributed by atoms with E-state index in [2.05, 4.69) is 11.8 Å². The molecule has 0 saturated carbocycles. The third-order valence-electron chi connectivity index (χ3n) is 4.24. The van der Waals surface area contributed by atoms with Gasteiger partial charge in [-0.3, -0.25) is 4.90 Å². The Balaban J connectivity index is 2.12. The minimum atomic E-state index is 0.244. The van der Waals surface area contributed by atoms with Crippen LogP contribution < -0.4 is 15.2 Å². The van der Waals surface area contributed by atoms with Crippen LogP contribution in [0.1, 0.15) is 25.3 Å². The van der Waals surface area contributed by atoms with Crippen molar-refractivity contribution >= 4 is 11.6 Å². The third-order valence-corrected chi connectivity index (χ3v) is 4.66. The van der Waals surface area contributed by atoms with Gasteiger partial charge in [-0.1, -0.05) is 17.7 Å². The lowest BCUT2D eigenvalue weighted by Crippen LogP contribution is -2.41. The van der Waals surface area contributed by atoms with Gasteiger partial charge >= 0.3 is 0 Å². The second-order valence-corrected chi connectivity index (χ2v) is 6.15. The third kappa shape index (κ3) is 3.82. The maximum Gasteiger partial charge on any atom is 0.179 e. The monoisotopic (exact) mass is 312 g/mol. The number of hydrogen-bond acceptors (Lipinski definition) is 4. The molecule has 1 aromatic rings. The summed E-state index contributed by atoms with van der Waals surface area (Å²) in [6.07, 6.45) is 2.41. The van der Waals surface area contributed by atoms with E-state index in [1.807, 2.05) is 12.1 Å². The van der Waals surface area contributed by atoms with E-state index in [9.17, 15) is 0 Å². The van der Waals surface area contributed by atoms with Gasteiger partial charge in [-0.05, 0) is 43.9 Å². The smallest absolute Gasteiger partial charge is 0.179 e. The number of hydrogen-bond donors (Lipinski definition) is 1. The minimum absolute atomic E-state index is 0.244. The van der Waals surface area contributed by atoms with Crippen molar-refractivity contribution in [2.75, 3.05) is 27.3 Å². The first-order valence-corrected chi connectivity index (χ1v) is 7.82. The van der Waals surface area contributed by atoms with Crippen LogP contribution in [0, 0.1) is 5.92 Å². The number of halogens is 1. The molecule has 0 radical (unpaired) electrons. The summed E-state index contributed by atoms with van der Waals surface area (Å²) in [6.45, 7) is 5.04. The summed E-state index contributed by atoms with van der Waals surface area (Å²) in [5.74, 6) is 1.84. The maximum absolute atomic E-state index is 6.45. The summed E-state index contributed by atoms with van der Waals surface area (Å²) >= 11 is 6.45. The normalized spacial score (nSPS) is 21.1. The topological polar surface area (TPSA) is 47.7 Å². The number of rotatable bonds is 5. The predicted molar refractivity (Wildman–Crippen MR) is 86.2 cm³/mol. The standard InChI is InChI=1S/C16H25ClN2O2/c1-11(18)12-5-4-8-19(9-12)10-13-6-7-14(20-2)16(21-3)15(13)17/h6-7,11-12H,4-5,8-10,18H2,1-3H3. The second kappa shape index (κ2) is 7.34. The molecule has 1 aromatic carbocycles. The molecule has 2 N–H and O–H groups in total. The van der Waals surface area contributed by atoms with Crippen molar-refractivity contribution in [3.63, 3.8) is 0 Å². The minimum Gasteiger partial charge on any atom is -0.493 e. The Hall–Kier alpha value is -0.970. The predicted octanol–water partition coefficient (Wildman–Crippen LogP) is 2.92. The molecule has 1 heterocycles. The molecular formula is C16H25ClN2O2. The SMILES string of the molecule is COc1ccc(CN2CCCC(C(C)N)C2)c(Cl)c1OC. The molecule has 1 fully saturated rings. The number of methoxy groups -OCH3 is 2. The molecule has 118 valence electrons. The van der Waals surface area contributed by atoms with Gasteiger partial charge in [0, 0.05) is 19.1 Å². The lowest BCUT2D eigenvalue weighted by Gasteiger charge is -2.34. The van der Waals surface area contributed by atoms with E-state index in [1.165, 1.54) is 12.8 Å². The van der Waals surface area contributed by atoms with Crippen LogP contribution in [-0.2, 0) is 6.54 Å². The molecule has 2 unspecified atom stereocenters. The van der Waals surface area contributed by atoms with Crippen molar-refractivity contribution in [2.24, 2.45) is 11.7 Å². The fourth-order valence-electron chi connectivity index (χ4n) is 2.96. The largest absolute Gasteiger partial charge is 0.493 e. The molecule has 0 aliphatic carbocycles. The number of ether oxygens (including phenoxy) is 2. The van der Waals surface area contributed by atoms with Gasteiger partial charge in [0.15, 0.2) is 11.5 Å². The Kier molecular flexibility index (Phi) is 5.73. The van der Waals surface area contributed by atoms with Gasteiger partial charge in [-0.25, -0.2) is 0 Å². The van der Waals surface area contributed by atoms with Crippen LogP contribution >= 0.6 is 11.6 Å². The molecule has 0 aromatic heterocycles. The van der Waals surface area contributed by atoms with Crippen LogP contribution in [0.5, 0.6) is 11.5 Å². The summed E-state index contributed by atoms with van der Waals surface area (Å²) in [6, 6.07) is 4.17. The van der Waals surface area contributed by atoms with Gasteiger partial charge in [0.25, 0.3) is 0 Å². The fraction of sp³-hybridized carbons (Fsp3) is 0.625. The molecule has 0 bridgehead atoms. The number of piperidine rings is 1. The maximum atomic E-state index is 6.45. The van der Waals surface area contributed by atoms with Crippen molar-refractivity contribution in [1.29, 1.82) is 0 Å². The summed E-state index contributed by atoms with van der Waals surface area (Å²) < 4.78 is 10.6. The quantitative estimate of drug-likeness (QED) is 0.908. The number of nitrogens with two attached hydrogens (primary N) is 1. The number of benzene rings is 1. The molecule has 2 atom stereocenters. The highest BCUT2D eigenvalue weighted by Crippen LogP contribution is 2.38. The van der Waals surface area contributed by atoms with Crippen LogP contribution in [0.15, 0.2) is 12.1 Å². The Bertz CT molecular complexity index is 480. The Morgan fingerprint density at radius 1 is 1.38 bits per heavy atom. The Morgan fingerprint density at radius 2 is 2.14 bits per heavy atom. The molecule has 0 spiro atoms. The molecule has 21 heavy (non-hydrogen) atoms. The van der Waals surface area contributed by atoms with Crippen molar-refractivity contribution in [1.82, 2.24) is 4.90 Å². The average Bonchev–Trinajstić information content (AvgIpc) is 2.49. The molecule has 2 rings (SSSR count). The molecule has 5 heteroatoms. The zero-order chi connectivity index (χ0) is 15.4. The highest BCUT2D eigenvalue weighted by Gasteiger charge is 2.24. The first-order chi connectivity index (χ1) is 10.1. The van der Waals surface area contributed by atoms with Gasteiger partial charge in [0.1, 0.15) is 0 Å². The fourth-order valence-corrected chi connectivity index (χ4v) is 3.25. The zero-order valence-electron chi connectivity index (χ0n) is 13.1. The summed E-state index contributed by atoms with van der Waals surface area (Å²) in [5, 5.41) is 0.639. The van der Waals surface area contributed by atoms with Crippen LogP contribution in [-0.4, -0.2) is 38.3 Å². The molecular weight excluding hydrogens is 288 g/mol. The highest BCUT2D eigenvalue weighted by molar-refractivity contribution is 6.33. The summed E-state index contributed by atoms with van der Waals surface area (Å²) in [7, 11) is 3.23. The lowest BCUT2D eigenvalue weighted by atomic mass is 9.92. The molecule has 0 amide bonds. The van der Waals surface area contributed by atoms with Crippen LogP contribution in [0.4, 0.5) is 0 Å². The van der Waals surface area contributed by atoms with E-state index in [1.54, 1.807) is 14.2 Å². The van der Waals surface area contributed by atoms with E-state index >= 15 is 0 Å². The van der Waals surface area contributed by atoms with E-state index in [4.69, 9.17) is 26.8 Å². The Labute approximate surface area is 132 Å². The highest BCUT2D eigenvalue weighted by atomic mass is 35.5. The first kappa shape index (κ1) is 16.4. The first-order valence-electron chi connectivity index (χ1n) is 7.44. The van der Waals surface area contributed by atoms with Crippen molar-refractivity contribution in [3.05, 3.63) is 22.7 Å². The molecule has 1 aliphatic heterocycles. The second-order valence-electron chi connectivity index (χ2n) is 5.77. The van der Waals surface area contributed by atoms with E-state index in [-0.39, 0.29) is 6.04 Å². The van der Waals surface area contributed by atoms with Crippen molar-refractivity contribution in [3.8, 4) is 11.5 Å². The van der Waals surface area contributed by atoms with Gasteiger partial charge in [0.2, 0.25) is 0 Å². The van der Waals surface area contributed by atoms with Gasteiger partial charge in [-0.15, -0.1) is 0 Å². The van der Waals surface area contributed by atoms with Gasteiger partial charge < -0.3 is 15.2 Å². The number of likely N-dealkylation sites (tertiary alicyclic amines) is 1. The zero-order valence-corrected chi connectivity index (χ0v) is 13.8. The van der Waals surface area contributed by atoms with E-state index in [0.717, 1.165) is 25.2 Å². The lowest BCUT2D eigenvalue weighted by molar-refractivity contribution is 0.154. The van der Waals surface area contributed by atoms with Crippen molar-refractivity contribution in [2.45, 2.75) is 32.4 Å². The van der Waals surface area contributed by atoms with Crippen LogP contribution in [0.25, 0.3) is 0 Å². The average molecular weight is 313 g/mol. The van der Waals surface area contributed by atoms with Crippen LogP contribution in [0.3, 0.4) is 0 Å². The Morgan fingerprint density at radius 3 is 2.76 bits per heavy atom. The van der Waals surface area contributed by atoms with E-state index < -0.39 is 0 Å². The van der Waals surface area contributed by atoms with Crippen molar-refractivity contribution < 1.29 is 9.47 Å². The summed E-state index contributed by atoms with van der Waals surface area (Å²) in [4.78, 5) is 2.42. The molecule has 1 aliphatic rings. The van der Waals surface area contributed by atoms with E-state index in [0.29, 0.717) is 22.4 Å².